The maximum atomic E-state index is 13.8. The van der Waals surface area contributed by atoms with E-state index in [0.29, 0.717) is 24.2 Å². The third-order valence-electron chi connectivity index (χ3n) is 6.34. The first-order valence-corrected chi connectivity index (χ1v) is 11.4. The van der Waals surface area contributed by atoms with Crippen LogP contribution in [-0.2, 0) is 11.2 Å². The van der Waals surface area contributed by atoms with E-state index in [2.05, 4.69) is 11.9 Å². The first-order valence-electron chi connectivity index (χ1n) is 11.4. The predicted molar refractivity (Wildman–Crippen MR) is 132 cm³/mol. The average molecular weight is 466 g/mol. The Hall–Kier alpha value is -4.52. The molecule has 0 aliphatic carbocycles. The molecule has 0 aromatic heterocycles. The lowest BCUT2D eigenvalue weighted by atomic mass is 9.93. The SMILES string of the molecule is C=CCN1C(=O)c2ccc(C(=O)N3c4ccccc4CCC3C(=O)Nc3ccccc3)cc2C1=O. The van der Waals surface area contributed by atoms with E-state index in [1.165, 1.54) is 29.2 Å². The fraction of sp³-hybridized carbons (Fsp3) is 0.143. The van der Waals surface area contributed by atoms with E-state index in [0.717, 1.165) is 10.5 Å². The van der Waals surface area contributed by atoms with Crippen LogP contribution in [0.1, 0.15) is 43.1 Å². The highest BCUT2D eigenvalue weighted by Crippen LogP contribution is 2.33. The van der Waals surface area contributed by atoms with Gasteiger partial charge in [-0.1, -0.05) is 42.5 Å². The summed E-state index contributed by atoms with van der Waals surface area (Å²) in [5, 5.41) is 2.91. The van der Waals surface area contributed by atoms with Crippen LogP contribution in [0.25, 0.3) is 0 Å². The average Bonchev–Trinajstić information content (AvgIpc) is 3.12. The van der Waals surface area contributed by atoms with Gasteiger partial charge in [0.2, 0.25) is 5.91 Å². The summed E-state index contributed by atoms with van der Waals surface area (Å²) in [6.07, 6.45) is 2.59. The van der Waals surface area contributed by atoms with Gasteiger partial charge in [-0.2, -0.15) is 0 Å². The van der Waals surface area contributed by atoms with Gasteiger partial charge in [0.1, 0.15) is 6.04 Å². The summed E-state index contributed by atoms with van der Waals surface area (Å²) in [4.78, 5) is 55.1. The zero-order chi connectivity index (χ0) is 24.5. The zero-order valence-electron chi connectivity index (χ0n) is 18.9. The fourth-order valence-corrected chi connectivity index (χ4v) is 4.65. The number of imide groups is 1. The molecule has 2 aliphatic heterocycles. The van der Waals surface area contributed by atoms with Crippen molar-refractivity contribution in [2.75, 3.05) is 16.8 Å². The molecular formula is C28H23N3O4. The number of hydrogen-bond acceptors (Lipinski definition) is 4. The Morgan fingerprint density at radius 1 is 0.943 bits per heavy atom. The van der Waals surface area contributed by atoms with Crippen LogP contribution in [-0.4, -0.2) is 41.1 Å². The second-order valence-corrected chi connectivity index (χ2v) is 8.48. The van der Waals surface area contributed by atoms with Crippen molar-refractivity contribution in [3.8, 4) is 0 Å². The topological polar surface area (TPSA) is 86.8 Å². The minimum atomic E-state index is -0.736. The molecule has 0 spiro atoms. The van der Waals surface area contributed by atoms with Crippen LogP contribution in [0.3, 0.4) is 0 Å². The molecule has 3 aromatic carbocycles. The number of rotatable bonds is 5. The van der Waals surface area contributed by atoms with E-state index in [1.807, 2.05) is 42.5 Å². The Morgan fingerprint density at radius 2 is 1.66 bits per heavy atom. The second kappa shape index (κ2) is 9.02. The lowest BCUT2D eigenvalue weighted by molar-refractivity contribution is -0.117. The molecular weight excluding hydrogens is 442 g/mol. The van der Waals surface area contributed by atoms with Crippen LogP contribution in [0.2, 0.25) is 0 Å². The molecule has 7 nitrogen and oxygen atoms in total. The number of nitrogens with one attached hydrogen (secondary N) is 1. The lowest BCUT2D eigenvalue weighted by Crippen LogP contribution is -2.50. The molecule has 0 saturated heterocycles. The van der Waals surface area contributed by atoms with Crippen LogP contribution >= 0.6 is 0 Å². The molecule has 4 amide bonds. The quantitative estimate of drug-likeness (QED) is 0.455. The number of amides is 4. The second-order valence-electron chi connectivity index (χ2n) is 8.48. The van der Waals surface area contributed by atoms with Crippen molar-refractivity contribution in [2.45, 2.75) is 18.9 Å². The molecule has 5 rings (SSSR count). The van der Waals surface area contributed by atoms with E-state index in [-0.39, 0.29) is 29.1 Å². The fourth-order valence-electron chi connectivity index (χ4n) is 4.65. The molecule has 2 heterocycles. The summed E-state index contributed by atoms with van der Waals surface area (Å²) >= 11 is 0. The molecule has 1 N–H and O–H groups in total. The number of carbonyl (C=O) groups is 4. The maximum Gasteiger partial charge on any atom is 0.261 e. The van der Waals surface area contributed by atoms with Crippen molar-refractivity contribution in [2.24, 2.45) is 0 Å². The van der Waals surface area contributed by atoms with Gasteiger partial charge in [-0.05, 0) is 54.8 Å². The van der Waals surface area contributed by atoms with Crippen molar-refractivity contribution in [1.82, 2.24) is 4.90 Å². The molecule has 0 bridgehead atoms. The minimum Gasteiger partial charge on any atom is -0.324 e. The van der Waals surface area contributed by atoms with Crippen molar-refractivity contribution < 1.29 is 19.2 Å². The van der Waals surface area contributed by atoms with Gasteiger partial charge in [0.05, 0.1) is 11.1 Å². The molecule has 3 aromatic rings. The number of anilines is 2. The lowest BCUT2D eigenvalue weighted by Gasteiger charge is -2.36. The zero-order valence-corrected chi connectivity index (χ0v) is 18.9. The summed E-state index contributed by atoms with van der Waals surface area (Å²) in [5.41, 5.74) is 2.94. The maximum absolute atomic E-state index is 13.8. The molecule has 1 unspecified atom stereocenters. The van der Waals surface area contributed by atoms with Gasteiger partial charge in [-0.25, -0.2) is 0 Å². The first kappa shape index (κ1) is 22.3. The number of aryl methyl sites for hydroxylation is 1. The van der Waals surface area contributed by atoms with Crippen molar-refractivity contribution in [3.63, 3.8) is 0 Å². The molecule has 7 heteroatoms. The smallest absolute Gasteiger partial charge is 0.261 e. The van der Waals surface area contributed by atoms with Gasteiger partial charge in [0, 0.05) is 23.5 Å². The van der Waals surface area contributed by atoms with Crippen LogP contribution in [0.5, 0.6) is 0 Å². The Bertz CT molecular complexity index is 1370. The van der Waals surface area contributed by atoms with E-state index >= 15 is 0 Å². The number of hydrogen-bond donors (Lipinski definition) is 1. The monoisotopic (exact) mass is 465 g/mol. The molecule has 35 heavy (non-hydrogen) atoms. The van der Waals surface area contributed by atoms with Crippen LogP contribution in [0.4, 0.5) is 11.4 Å². The Kier molecular flexibility index (Phi) is 5.74. The molecule has 2 aliphatic rings. The molecule has 1 atom stereocenters. The van der Waals surface area contributed by atoms with Gasteiger partial charge in [-0.15, -0.1) is 6.58 Å². The van der Waals surface area contributed by atoms with Crippen LogP contribution in [0, 0.1) is 0 Å². The third-order valence-corrected chi connectivity index (χ3v) is 6.34. The minimum absolute atomic E-state index is 0.0941. The van der Waals surface area contributed by atoms with Crippen molar-refractivity contribution in [3.05, 3.63) is 108 Å². The summed E-state index contributed by atoms with van der Waals surface area (Å²) < 4.78 is 0. The summed E-state index contributed by atoms with van der Waals surface area (Å²) in [6, 6.07) is 20.3. The summed E-state index contributed by atoms with van der Waals surface area (Å²) in [6.45, 7) is 3.69. The van der Waals surface area contributed by atoms with Gasteiger partial charge in [0.15, 0.2) is 0 Å². The van der Waals surface area contributed by atoms with E-state index in [4.69, 9.17) is 0 Å². The van der Waals surface area contributed by atoms with Crippen molar-refractivity contribution in [1.29, 1.82) is 0 Å². The van der Waals surface area contributed by atoms with Gasteiger partial charge >= 0.3 is 0 Å². The molecule has 0 saturated carbocycles. The molecule has 0 fully saturated rings. The van der Waals surface area contributed by atoms with E-state index in [9.17, 15) is 19.2 Å². The van der Waals surface area contributed by atoms with E-state index in [1.54, 1.807) is 12.1 Å². The van der Waals surface area contributed by atoms with Gasteiger partial charge in [0.25, 0.3) is 17.7 Å². The highest BCUT2D eigenvalue weighted by molar-refractivity contribution is 6.22. The number of carbonyl (C=O) groups excluding carboxylic acids is 4. The summed E-state index contributed by atoms with van der Waals surface area (Å²) in [5.74, 6) is -1.57. The summed E-state index contributed by atoms with van der Waals surface area (Å²) in [7, 11) is 0. The van der Waals surface area contributed by atoms with Gasteiger partial charge < -0.3 is 5.32 Å². The van der Waals surface area contributed by atoms with Gasteiger partial charge in [-0.3, -0.25) is 29.0 Å². The standard InChI is InChI=1S/C28H23N3O4/c1-2-16-30-27(34)21-14-12-19(17-22(21)28(30)35)26(33)31-23-11-7-6-8-18(23)13-15-24(31)25(32)29-20-9-4-3-5-10-20/h2-12,14,17,24H,1,13,15-16H2,(H,29,32). The largest absolute Gasteiger partial charge is 0.324 e. The van der Waals surface area contributed by atoms with Crippen molar-refractivity contribution >= 4 is 35.0 Å². The number of para-hydroxylation sites is 2. The van der Waals surface area contributed by atoms with Crippen LogP contribution in [0.15, 0.2) is 85.5 Å². The Morgan fingerprint density at radius 3 is 2.43 bits per heavy atom. The Balaban J connectivity index is 1.51. The van der Waals surface area contributed by atoms with E-state index < -0.39 is 23.8 Å². The Labute approximate surface area is 202 Å². The molecule has 0 radical (unpaired) electrons. The number of benzene rings is 3. The number of nitrogens with zero attached hydrogens (tertiary/aromatic N) is 2. The normalized spacial score (nSPS) is 16.5. The highest BCUT2D eigenvalue weighted by Gasteiger charge is 2.39. The molecule has 174 valence electrons. The highest BCUT2D eigenvalue weighted by atomic mass is 16.2. The van der Waals surface area contributed by atoms with Crippen LogP contribution < -0.4 is 10.2 Å². The predicted octanol–water partition coefficient (Wildman–Crippen LogP) is 4.07. The first-order chi connectivity index (χ1) is 17.0. The third kappa shape index (κ3) is 3.91. The number of fused-ring (bicyclic) bond motifs is 2.